The summed E-state index contributed by atoms with van der Waals surface area (Å²) in [6, 6.07) is 4.78. The summed E-state index contributed by atoms with van der Waals surface area (Å²) >= 11 is 0. The van der Waals surface area contributed by atoms with Crippen molar-refractivity contribution >= 4 is 30.8 Å². The van der Waals surface area contributed by atoms with Gasteiger partial charge in [-0.1, -0.05) is 12.1 Å². The first kappa shape index (κ1) is 31.0. The highest BCUT2D eigenvalue weighted by molar-refractivity contribution is 5.63. The Bertz CT molecular complexity index is 1140. The molecule has 0 aromatic heterocycles. The first-order valence-corrected chi connectivity index (χ1v) is 11.7. The van der Waals surface area contributed by atoms with Crippen LogP contribution in [-0.2, 0) is 75.8 Å². The van der Waals surface area contributed by atoms with E-state index in [1.54, 1.807) is 12.1 Å². The molecule has 17 nitrogen and oxygen atoms in total. The largest absolute Gasteiger partial charge is 0.508 e. The maximum absolute atomic E-state index is 12.4. The molecule has 0 amide bonds. The fourth-order valence-corrected chi connectivity index (χ4v) is 4.14. The number of hydrogen-bond donors (Lipinski definition) is 0. The maximum atomic E-state index is 12.4. The minimum absolute atomic E-state index is 0.105. The highest BCUT2D eigenvalue weighted by atomic mass is 16.8. The molecular formula is C24H28O17. The van der Waals surface area contributed by atoms with Crippen LogP contribution in [0.4, 0.5) is 24.0 Å². The Morgan fingerprint density at radius 3 is 1.93 bits per heavy atom. The smallest absolute Gasteiger partial charge is 0.438 e. The summed E-state index contributed by atoms with van der Waals surface area (Å²) < 4.78 is 61.3. The van der Waals surface area contributed by atoms with E-state index in [0.29, 0.717) is 11.1 Å². The van der Waals surface area contributed by atoms with Crippen LogP contribution >= 0.6 is 0 Å². The van der Waals surface area contributed by atoms with Crippen molar-refractivity contribution in [3.8, 4) is 0 Å². The molecule has 1 aromatic rings. The Kier molecular flexibility index (Phi) is 10.4. The summed E-state index contributed by atoms with van der Waals surface area (Å²) in [7, 11) is 5.25. The predicted octanol–water partition coefficient (Wildman–Crippen LogP) is 2.29. The highest BCUT2D eigenvalue weighted by Gasteiger charge is 2.64. The molecule has 0 unspecified atom stereocenters. The topological polar surface area (TPSA) is 196 Å². The number of fused-ring (bicyclic) bond motifs is 2. The van der Waals surface area contributed by atoms with Gasteiger partial charge in [-0.3, -0.25) is 0 Å². The fraction of sp³-hybridized carbons (Fsp3) is 0.542. The molecular weight excluding hydrogens is 560 g/mol. The maximum Gasteiger partial charge on any atom is 0.508 e. The average Bonchev–Trinajstić information content (AvgIpc) is 3.34. The molecule has 5 atom stereocenters. The molecule has 1 spiro atoms. The second-order valence-electron chi connectivity index (χ2n) is 8.18. The third kappa shape index (κ3) is 6.98. The molecule has 0 N–H and O–H groups in total. The molecule has 2 aliphatic rings. The standard InChI is InChI=1S/C24H28O17/c1-30-19(25)35-9-12-6-7-13-10-37-24(14(13)8-12)18(40-23(29)34-5)17(39-22(28)33-4)16(38-21(27)32-3)15(41-24)11-36-20(26)31-2/h6-8,15-18H,9-11H2,1-5H3/t15-,16-,17+,18-,24+/m1/s1. The lowest BCUT2D eigenvalue weighted by Gasteiger charge is -2.48. The molecule has 3 rings (SSSR count). The van der Waals surface area contributed by atoms with Gasteiger partial charge in [-0.05, 0) is 17.2 Å². The van der Waals surface area contributed by atoms with Crippen LogP contribution < -0.4 is 0 Å². The lowest BCUT2D eigenvalue weighted by molar-refractivity contribution is -0.368. The van der Waals surface area contributed by atoms with Gasteiger partial charge in [0.05, 0.1) is 42.2 Å². The minimum Gasteiger partial charge on any atom is -0.438 e. The van der Waals surface area contributed by atoms with Crippen molar-refractivity contribution in [3.63, 3.8) is 0 Å². The highest BCUT2D eigenvalue weighted by Crippen LogP contribution is 2.49. The van der Waals surface area contributed by atoms with Crippen molar-refractivity contribution in [1.29, 1.82) is 0 Å². The molecule has 0 bridgehead atoms. The molecule has 17 heteroatoms. The Balaban J connectivity index is 2.16. The van der Waals surface area contributed by atoms with Crippen LogP contribution in [0.5, 0.6) is 0 Å². The van der Waals surface area contributed by atoms with E-state index in [1.807, 2.05) is 0 Å². The van der Waals surface area contributed by atoms with Crippen molar-refractivity contribution in [2.45, 2.75) is 43.4 Å². The third-order valence-electron chi connectivity index (χ3n) is 5.92. The van der Waals surface area contributed by atoms with Gasteiger partial charge in [0, 0.05) is 5.56 Å². The molecule has 1 saturated heterocycles. The van der Waals surface area contributed by atoms with Crippen molar-refractivity contribution < 1.29 is 80.8 Å². The molecule has 1 aromatic carbocycles. The lowest BCUT2D eigenvalue weighted by Crippen LogP contribution is -2.66. The first-order chi connectivity index (χ1) is 19.6. The molecule has 0 radical (unpaired) electrons. The number of carbonyl (C=O) groups excluding carboxylic acids is 5. The summed E-state index contributed by atoms with van der Waals surface area (Å²) in [6.45, 7) is -0.970. The minimum atomic E-state index is -2.08. The summed E-state index contributed by atoms with van der Waals surface area (Å²) in [6.07, 6.45) is -12.3. The van der Waals surface area contributed by atoms with Crippen molar-refractivity contribution in [2.24, 2.45) is 0 Å². The van der Waals surface area contributed by atoms with Gasteiger partial charge in [-0.25, -0.2) is 24.0 Å². The molecule has 0 aliphatic carbocycles. The summed E-state index contributed by atoms with van der Waals surface area (Å²) in [4.78, 5) is 60.3. The Labute approximate surface area is 232 Å². The van der Waals surface area contributed by atoms with Crippen molar-refractivity contribution in [2.75, 3.05) is 42.2 Å². The van der Waals surface area contributed by atoms with Crippen LogP contribution in [0.2, 0.25) is 0 Å². The van der Waals surface area contributed by atoms with Gasteiger partial charge in [-0.2, -0.15) is 0 Å². The first-order valence-electron chi connectivity index (χ1n) is 11.7. The quantitative estimate of drug-likeness (QED) is 0.332. The zero-order valence-electron chi connectivity index (χ0n) is 22.6. The van der Waals surface area contributed by atoms with E-state index in [4.69, 9.17) is 33.2 Å². The van der Waals surface area contributed by atoms with E-state index < -0.39 is 67.6 Å². The number of benzene rings is 1. The number of rotatable bonds is 7. The molecule has 2 heterocycles. The summed E-state index contributed by atoms with van der Waals surface area (Å²) in [5.41, 5.74) is 1.21. The Hall–Kier alpha value is -4.51. The van der Waals surface area contributed by atoms with Gasteiger partial charge >= 0.3 is 30.8 Å². The SMILES string of the molecule is COC(=O)OCc1ccc2c(c1)[C@]1(OC2)O[C@H](COC(=O)OC)[C@@H](OC(=O)OC)[C@H](OC(=O)OC)[C@H]1OC(=O)OC. The van der Waals surface area contributed by atoms with Gasteiger partial charge < -0.3 is 56.8 Å². The lowest BCUT2D eigenvalue weighted by atomic mass is 9.86. The van der Waals surface area contributed by atoms with Crippen molar-refractivity contribution in [1.82, 2.24) is 0 Å². The molecule has 226 valence electrons. The fourth-order valence-electron chi connectivity index (χ4n) is 4.14. The normalized spacial score (nSPS) is 24.2. The van der Waals surface area contributed by atoms with Crippen molar-refractivity contribution in [3.05, 3.63) is 34.9 Å². The van der Waals surface area contributed by atoms with E-state index in [-0.39, 0.29) is 18.8 Å². The number of methoxy groups -OCH3 is 5. The monoisotopic (exact) mass is 588 g/mol. The average molecular weight is 588 g/mol. The van der Waals surface area contributed by atoms with E-state index in [9.17, 15) is 24.0 Å². The van der Waals surface area contributed by atoms with Crippen LogP contribution in [0.25, 0.3) is 0 Å². The molecule has 41 heavy (non-hydrogen) atoms. The summed E-state index contributed by atoms with van der Waals surface area (Å²) in [5, 5.41) is 0. The number of ether oxygens (including phenoxy) is 12. The Morgan fingerprint density at radius 1 is 0.756 bits per heavy atom. The van der Waals surface area contributed by atoms with Gasteiger partial charge in [0.1, 0.15) is 19.3 Å². The second-order valence-corrected chi connectivity index (χ2v) is 8.18. The van der Waals surface area contributed by atoms with E-state index in [0.717, 1.165) is 35.5 Å². The van der Waals surface area contributed by atoms with Crippen LogP contribution in [0.15, 0.2) is 18.2 Å². The van der Waals surface area contributed by atoms with Crippen LogP contribution in [0.3, 0.4) is 0 Å². The van der Waals surface area contributed by atoms with Gasteiger partial charge in [-0.15, -0.1) is 0 Å². The van der Waals surface area contributed by atoms with E-state index in [1.165, 1.54) is 6.07 Å². The van der Waals surface area contributed by atoms with Gasteiger partial charge in [0.15, 0.2) is 12.2 Å². The van der Waals surface area contributed by atoms with Gasteiger partial charge in [0.2, 0.25) is 11.9 Å². The molecule has 1 fully saturated rings. The van der Waals surface area contributed by atoms with Crippen LogP contribution in [-0.4, -0.2) is 97.3 Å². The zero-order valence-corrected chi connectivity index (χ0v) is 22.6. The molecule has 2 aliphatic heterocycles. The van der Waals surface area contributed by atoms with Crippen LogP contribution in [0.1, 0.15) is 16.7 Å². The number of hydrogen-bond acceptors (Lipinski definition) is 17. The zero-order chi connectivity index (χ0) is 30.2. The van der Waals surface area contributed by atoms with Crippen LogP contribution in [0, 0.1) is 0 Å². The van der Waals surface area contributed by atoms with E-state index in [2.05, 4.69) is 23.7 Å². The second kappa shape index (κ2) is 13.7. The predicted molar refractivity (Wildman–Crippen MR) is 125 cm³/mol. The third-order valence-corrected chi connectivity index (χ3v) is 5.92. The van der Waals surface area contributed by atoms with E-state index >= 15 is 0 Å². The Morgan fingerprint density at radius 2 is 1.32 bits per heavy atom. The molecule has 0 saturated carbocycles. The number of carbonyl (C=O) groups is 5. The van der Waals surface area contributed by atoms with Gasteiger partial charge in [0.25, 0.3) is 0 Å². The summed E-state index contributed by atoms with van der Waals surface area (Å²) in [5.74, 6) is -2.08.